The van der Waals surface area contributed by atoms with Gasteiger partial charge >= 0.3 is 5.97 Å². The number of non-ortho nitro benzene ring substituents is 1. The first-order valence-corrected chi connectivity index (χ1v) is 6.61. The summed E-state index contributed by atoms with van der Waals surface area (Å²) in [4.78, 5) is 25.7. The predicted octanol–water partition coefficient (Wildman–Crippen LogP) is 2.98. The molecule has 0 atom stereocenters. The van der Waals surface area contributed by atoms with Gasteiger partial charge in [-0.15, -0.1) is 11.8 Å². The van der Waals surface area contributed by atoms with E-state index in [-0.39, 0.29) is 11.4 Å². The van der Waals surface area contributed by atoms with Gasteiger partial charge in [-0.3, -0.25) is 10.1 Å². The molecule has 20 heavy (non-hydrogen) atoms. The van der Waals surface area contributed by atoms with Crippen molar-refractivity contribution in [2.24, 2.45) is 0 Å². The molecule has 6 nitrogen and oxygen atoms in total. The van der Waals surface area contributed by atoms with Crippen LogP contribution in [0, 0.1) is 10.1 Å². The second-order valence-electron chi connectivity index (χ2n) is 3.86. The third-order valence-corrected chi connectivity index (χ3v) is 3.60. The smallest absolute Gasteiger partial charge is 0.354 e. The van der Waals surface area contributed by atoms with E-state index in [2.05, 4.69) is 4.98 Å². The predicted molar refractivity (Wildman–Crippen MR) is 73.9 cm³/mol. The summed E-state index contributed by atoms with van der Waals surface area (Å²) >= 11 is 1.40. The Morgan fingerprint density at radius 1 is 1.30 bits per heavy atom. The number of nitrogens with zero attached hydrogens (tertiary/aromatic N) is 2. The molecule has 0 saturated heterocycles. The number of aromatic nitrogens is 1. The zero-order valence-electron chi connectivity index (χ0n) is 10.2. The number of aromatic carboxylic acids is 1. The Balaban J connectivity index is 2.09. The van der Waals surface area contributed by atoms with E-state index in [4.69, 9.17) is 5.11 Å². The summed E-state index contributed by atoms with van der Waals surface area (Å²) in [6.45, 7) is 0. The minimum absolute atomic E-state index is 0.0295. The molecule has 0 amide bonds. The summed E-state index contributed by atoms with van der Waals surface area (Å²) < 4.78 is 0. The summed E-state index contributed by atoms with van der Waals surface area (Å²) in [5, 5.41) is 19.6. The highest BCUT2D eigenvalue weighted by atomic mass is 32.2. The van der Waals surface area contributed by atoms with E-state index in [1.165, 1.54) is 30.1 Å². The lowest BCUT2D eigenvalue weighted by Crippen LogP contribution is -2.04. The van der Waals surface area contributed by atoms with Gasteiger partial charge in [-0.05, 0) is 23.8 Å². The molecule has 0 saturated carbocycles. The number of pyridine rings is 1. The molecule has 1 heterocycles. The molecule has 7 heteroatoms. The number of benzene rings is 1. The van der Waals surface area contributed by atoms with E-state index in [9.17, 15) is 14.9 Å². The number of carbonyl (C=O) groups is 1. The number of rotatable bonds is 5. The number of nitro groups is 1. The van der Waals surface area contributed by atoms with Crippen molar-refractivity contribution < 1.29 is 14.8 Å². The van der Waals surface area contributed by atoms with Crippen LogP contribution in [0.3, 0.4) is 0 Å². The van der Waals surface area contributed by atoms with Crippen LogP contribution in [0.2, 0.25) is 0 Å². The number of hydrogen-bond donors (Lipinski definition) is 1. The topological polar surface area (TPSA) is 93.3 Å². The minimum Gasteiger partial charge on any atom is -0.477 e. The molecule has 1 aromatic carbocycles. The molecule has 102 valence electrons. The van der Waals surface area contributed by atoms with Gasteiger partial charge in [-0.2, -0.15) is 0 Å². The Bertz CT molecular complexity index is 643. The molecular formula is C13H10N2O4S. The second-order valence-corrected chi connectivity index (χ2v) is 4.90. The van der Waals surface area contributed by atoms with Crippen molar-refractivity contribution >= 4 is 23.4 Å². The molecular weight excluding hydrogens is 280 g/mol. The van der Waals surface area contributed by atoms with Gasteiger partial charge in [0.05, 0.1) is 4.92 Å². The highest BCUT2D eigenvalue weighted by Gasteiger charge is 2.11. The maximum Gasteiger partial charge on any atom is 0.354 e. The van der Waals surface area contributed by atoms with E-state index in [1.807, 2.05) is 0 Å². The number of nitro benzene ring substituents is 1. The number of carboxylic acid groups (broad SMARTS) is 1. The zero-order valence-corrected chi connectivity index (χ0v) is 11.0. The Morgan fingerprint density at radius 3 is 2.60 bits per heavy atom. The van der Waals surface area contributed by atoms with Gasteiger partial charge in [0.1, 0.15) is 0 Å². The summed E-state index contributed by atoms with van der Waals surface area (Å²) in [7, 11) is 0. The lowest BCUT2D eigenvalue weighted by Gasteiger charge is -2.04. The Morgan fingerprint density at radius 2 is 2.00 bits per heavy atom. The van der Waals surface area contributed by atoms with E-state index >= 15 is 0 Å². The first kappa shape index (κ1) is 14.0. The fourth-order valence-electron chi connectivity index (χ4n) is 1.57. The third kappa shape index (κ3) is 3.33. The molecule has 1 aromatic heterocycles. The summed E-state index contributed by atoms with van der Waals surface area (Å²) in [5.41, 5.74) is 0.673. The van der Waals surface area contributed by atoms with E-state index in [0.717, 1.165) is 4.90 Å². The summed E-state index contributed by atoms with van der Waals surface area (Å²) in [6.07, 6.45) is 1.43. The average Bonchev–Trinajstić information content (AvgIpc) is 2.45. The third-order valence-electron chi connectivity index (χ3n) is 2.54. The van der Waals surface area contributed by atoms with E-state index in [1.54, 1.807) is 24.3 Å². The van der Waals surface area contributed by atoms with Gasteiger partial charge in [0, 0.05) is 29.0 Å². The number of thioether (sulfide) groups is 1. The van der Waals surface area contributed by atoms with E-state index in [0.29, 0.717) is 11.3 Å². The van der Waals surface area contributed by atoms with Crippen molar-refractivity contribution in [2.75, 3.05) is 0 Å². The lowest BCUT2D eigenvalue weighted by molar-refractivity contribution is -0.384. The quantitative estimate of drug-likeness (QED) is 0.517. The molecule has 1 N–H and O–H groups in total. The Labute approximate surface area is 118 Å². The number of hydrogen-bond acceptors (Lipinski definition) is 5. The van der Waals surface area contributed by atoms with Crippen molar-refractivity contribution in [3.05, 3.63) is 64.0 Å². The monoisotopic (exact) mass is 290 g/mol. The molecule has 2 rings (SSSR count). The van der Waals surface area contributed by atoms with Gasteiger partial charge in [0.25, 0.3) is 5.69 Å². The molecule has 0 fully saturated rings. The van der Waals surface area contributed by atoms with Crippen LogP contribution >= 0.6 is 11.8 Å². The second kappa shape index (κ2) is 6.16. The average molecular weight is 290 g/mol. The standard InChI is InChI=1S/C13H10N2O4S/c16-13(17)12-9(2-1-7-14-12)8-20-11-5-3-10(4-6-11)15(18)19/h1-7H,8H2,(H,16,17). The lowest BCUT2D eigenvalue weighted by atomic mass is 10.2. The van der Waals surface area contributed by atoms with Crippen LogP contribution in [-0.2, 0) is 5.75 Å². The molecule has 0 aliphatic rings. The van der Waals surface area contributed by atoms with Crippen LogP contribution in [0.4, 0.5) is 5.69 Å². The maximum absolute atomic E-state index is 11.0. The first-order valence-electron chi connectivity index (χ1n) is 5.62. The molecule has 0 radical (unpaired) electrons. The van der Waals surface area contributed by atoms with Crippen molar-refractivity contribution in [1.82, 2.24) is 4.98 Å². The largest absolute Gasteiger partial charge is 0.477 e. The van der Waals surface area contributed by atoms with Crippen molar-refractivity contribution in [2.45, 2.75) is 10.6 Å². The summed E-state index contributed by atoms with van der Waals surface area (Å²) in [5.74, 6) is -0.627. The van der Waals surface area contributed by atoms with Crippen LogP contribution < -0.4 is 0 Å². The maximum atomic E-state index is 11.0. The fraction of sp³-hybridized carbons (Fsp3) is 0.0769. The first-order chi connectivity index (χ1) is 9.58. The highest BCUT2D eigenvalue weighted by Crippen LogP contribution is 2.25. The normalized spacial score (nSPS) is 10.2. The molecule has 0 aliphatic carbocycles. The zero-order chi connectivity index (χ0) is 14.5. The highest BCUT2D eigenvalue weighted by molar-refractivity contribution is 7.98. The van der Waals surface area contributed by atoms with Crippen LogP contribution in [-0.4, -0.2) is 21.0 Å². The van der Waals surface area contributed by atoms with Crippen molar-refractivity contribution in [3.8, 4) is 0 Å². The minimum atomic E-state index is -1.06. The SMILES string of the molecule is O=C(O)c1ncccc1CSc1ccc([N+](=O)[O-])cc1. The van der Waals surface area contributed by atoms with E-state index < -0.39 is 10.9 Å². The molecule has 0 bridgehead atoms. The van der Waals surface area contributed by atoms with Crippen LogP contribution in [0.5, 0.6) is 0 Å². The van der Waals surface area contributed by atoms with Gasteiger partial charge < -0.3 is 5.11 Å². The van der Waals surface area contributed by atoms with Crippen molar-refractivity contribution in [1.29, 1.82) is 0 Å². The Kier molecular flexibility index (Phi) is 4.31. The van der Waals surface area contributed by atoms with Gasteiger partial charge in [-0.25, -0.2) is 9.78 Å². The van der Waals surface area contributed by atoms with Crippen molar-refractivity contribution in [3.63, 3.8) is 0 Å². The van der Waals surface area contributed by atoms with Gasteiger partial charge in [-0.1, -0.05) is 6.07 Å². The van der Waals surface area contributed by atoms with Crippen LogP contribution in [0.25, 0.3) is 0 Å². The molecule has 0 unspecified atom stereocenters. The van der Waals surface area contributed by atoms with Crippen LogP contribution in [0.1, 0.15) is 16.1 Å². The van der Waals surface area contributed by atoms with Gasteiger partial charge in [0.15, 0.2) is 5.69 Å². The van der Waals surface area contributed by atoms with Gasteiger partial charge in [0.2, 0.25) is 0 Å². The number of carboxylic acids is 1. The fourth-order valence-corrected chi connectivity index (χ4v) is 2.46. The Hall–Kier alpha value is -2.41. The van der Waals surface area contributed by atoms with Crippen LogP contribution in [0.15, 0.2) is 47.5 Å². The summed E-state index contributed by atoms with van der Waals surface area (Å²) in [6, 6.07) is 9.50. The molecule has 0 aliphatic heterocycles. The molecule has 2 aromatic rings. The molecule has 0 spiro atoms.